The van der Waals surface area contributed by atoms with E-state index in [-0.39, 0.29) is 23.2 Å². The van der Waals surface area contributed by atoms with Crippen LogP contribution in [0, 0.1) is 0 Å². The molecule has 0 atom stereocenters. The van der Waals surface area contributed by atoms with E-state index in [0.29, 0.717) is 10.1 Å². The summed E-state index contributed by atoms with van der Waals surface area (Å²) in [5.74, 6) is 0.302. The first-order valence-electron chi connectivity index (χ1n) is 6.28. The third-order valence-electron chi connectivity index (χ3n) is 2.97. The molecule has 0 fully saturated rings. The Bertz CT molecular complexity index is 740. The van der Waals surface area contributed by atoms with Crippen LogP contribution < -0.4 is 0 Å². The molecule has 2 heterocycles. The molecule has 1 amide bonds. The average Bonchev–Trinajstić information content (AvgIpc) is 3.10. The predicted molar refractivity (Wildman–Crippen MR) is 84.3 cm³/mol. The van der Waals surface area contributed by atoms with E-state index in [1.165, 1.54) is 30.3 Å². The number of carbonyl (C=O) groups excluding carboxylic acids is 1. The smallest absolute Gasteiger partial charge is 0.252 e. The van der Waals surface area contributed by atoms with Crippen molar-refractivity contribution in [2.24, 2.45) is 0 Å². The van der Waals surface area contributed by atoms with Crippen molar-refractivity contribution in [2.75, 3.05) is 20.6 Å². The largest absolute Gasteiger partial charge is 0.467 e. The van der Waals surface area contributed by atoms with Gasteiger partial charge in [0, 0.05) is 14.1 Å². The Hall–Kier alpha value is -1.35. The minimum absolute atomic E-state index is 0.112. The van der Waals surface area contributed by atoms with E-state index in [4.69, 9.17) is 16.0 Å². The third-order valence-corrected chi connectivity index (χ3v) is 6.47. The minimum atomic E-state index is -3.71. The summed E-state index contributed by atoms with van der Waals surface area (Å²) in [6, 6.07) is 6.41. The standard InChI is InChI=1S/C13H15ClN2O4S2/c1-15(8-10-4-3-7-20-10)12(17)9-16(2)22(18,19)13-6-5-11(14)21-13/h3-7H,8-9H2,1-2H3. The summed E-state index contributed by atoms with van der Waals surface area (Å²) in [5, 5.41) is 0. The zero-order valence-electron chi connectivity index (χ0n) is 12.0. The highest BCUT2D eigenvalue weighted by atomic mass is 35.5. The van der Waals surface area contributed by atoms with Crippen LogP contribution in [0.2, 0.25) is 4.34 Å². The van der Waals surface area contributed by atoms with Crippen molar-refractivity contribution in [3.05, 3.63) is 40.6 Å². The zero-order valence-corrected chi connectivity index (χ0v) is 14.4. The summed E-state index contributed by atoms with van der Waals surface area (Å²) in [4.78, 5) is 13.5. The van der Waals surface area contributed by atoms with Gasteiger partial charge >= 0.3 is 0 Å². The Balaban J connectivity index is 2.01. The van der Waals surface area contributed by atoms with E-state index >= 15 is 0 Å². The van der Waals surface area contributed by atoms with E-state index in [0.717, 1.165) is 15.6 Å². The van der Waals surface area contributed by atoms with Crippen LogP contribution in [0.5, 0.6) is 0 Å². The maximum absolute atomic E-state index is 12.3. The fourth-order valence-corrected chi connectivity index (χ4v) is 4.52. The molecule has 0 spiro atoms. The molecule has 2 rings (SSSR count). The monoisotopic (exact) mass is 362 g/mol. The summed E-state index contributed by atoms with van der Waals surface area (Å²) < 4.78 is 31.3. The first-order chi connectivity index (χ1) is 10.3. The van der Waals surface area contributed by atoms with Crippen molar-refractivity contribution in [2.45, 2.75) is 10.8 Å². The number of nitrogens with zero attached hydrogens (tertiary/aromatic N) is 2. The Labute approximate surface area is 137 Å². The van der Waals surface area contributed by atoms with Gasteiger partial charge in [0.2, 0.25) is 5.91 Å². The molecule has 0 saturated heterocycles. The molecule has 120 valence electrons. The van der Waals surface area contributed by atoms with Crippen LogP contribution in [-0.4, -0.2) is 44.2 Å². The van der Waals surface area contributed by atoms with Crippen molar-refractivity contribution in [1.29, 1.82) is 0 Å². The van der Waals surface area contributed by atoms with Gasteiger partial charge in [-0.1, -0.05) is 11.6 Å². The molecule has 9 heteroatoms. The first kappa shape index (κ1) is 17.0. The Morgan fingerprint density at radius 1 is 1.32 bits per heavy atom. The molecule has 0 bridgehead atoms. The summed E-state index contributed by atoms with van der Waals surface area (Å²) in [6.07, 6.45) is 1.52. The van der Waals surface area contributed by atoms with Gasteiger partial charge in [0.05, 0.1) is 23.7 Å². The minimum Gasteiger partial charge on any atom is -0.467 e. The molecule has 2 aromatic rings. The fraction of sp³-hybridized carbons (Fsp3) is 0.308. The number of thiophene rings is 1. The van der Waals surface area contributed by atoms with Crippen LogP contribution in [-0.2, 0) is 21.4 Å². The highest BCUT2D eigenvalue weighted by Gasteiger charge is 2.25. The van der Waals surface area contributed by atoms with Gasteiger partial charge < -0.3 is 9.32 Å². The van der Waals surface area contributed by atoms with Crippen LogP contribution in [0.1, 0.15) is 5.76 Å². The number of likely N-dealkylation sites (N-methyl/N-ethyl adjacent to an activating group) is 2. The van der Waals surface area contributed by atoms with Crippen LogP contribution in [0.25, 0.3) is 0 Å². The first-order valence-corrected chi connectivity index (χ1v) is 8.92. The predicted octanol–water partition coefficient (Wildman–Crippen LogP) is 2.27. The molecular formula is C13H15ClN2O4S2. The Morgan fingerprint density at radius 3 is 2.59 bits per heavy atom. The quantitative estimate of drug-likeness (QED) is 0.790. The van der Waals surface area contributed by atoms with Gasteiger partial charge in [-0.3, -0.25) is 4.79 Å². The molecule has 0 N–H and O–H groups in total. The lowest BCUT2D eigenvalue weighted by Crippen LogP contribution is -2.38. The van der Waals surface area contributed by atoms with E-state index in [9.17, 15) is 13.2 Å². The fourth-order valence-electron chi connectivity index (χ4n) is 1.71. The van der Waals surface area contributed by atoms with Gasteiger partial charge in [-0.15, -0.1) is 11.3 Å². The molecule has 0 aliphatic carbocycles. The molecule has 0 saturated carbocycles. The zero-order chi connectivity index (χ0) is 16.3. The van der Waals surface area contributed by atoms with Gasteiger partial charge in [-0.2, -0.15) is 4.31 Å². The van der Waals surface area contributed by atoms with E-state index < -0.39 is 10.0 Å². The van der Waals surface area contributed by atoms with Crippen molar-refractivity contribution in [1.82, 2.24) is 9.21 Å². The molecule has 6 nitrogen and oxygen atoms in total. The van der Waals surface area contributed by atoms with E-state index in [1.807, 2.05) is 0 Å². The maximum Gasteiger partial charge on any atom is 0.252 e. The maximum atomic E-state index is 12.3. The van der Waals surface area contributed by atoms with Gasteiger partial charge in [0.25, 0.3) is 10.0 Å². The molecule has 2 aromatic heterocycles. The molecular weight excluding hydrogens is 348 g/mol. The van der Waals surface area contributed by atoms with Crippen LogP contribution in [0.3, 0.4) is 0 Å². The second-order valence-electron chi connectivity index (χ2n) is 4.65. The normalized spacial score (nSPS) is 11.8. The number of carbonyl (C=O) groups is 1. The lowest BCUT2D eigenvalue weighted by atomic mass is 10.4. The summed E-state index contributed by atoms with van der Waals surface area (Å²) >= 11 is 6.71. The third kappa shape index (κ3) is 3.89. The highest BCUT2D eigenvalue weighted by Crippen LogP contribution is 2.27. The van der Waals surface area contributed by atoms with Crippen LogP contribution in [0.15, 0.2) is 39.2 Å². The topological polar surface area (TPSA) is 70.8 Å². The van der Waals surface area contributed by atoms with Crippen molar-refractivity contribution in [3.8, 4) is 0 Å². The second kappa shape index (κ2) is 6.82. The number of hydrogen-bond donors (Lipinski definition) is 0. The summed E-state index contributed by atoms with van der Waals surface area (Å²) in [7, 11) is -0.759. The molecule has 0 unspecified atom stereocenters. The number of amides is 1. The van der Waals surface area contributed by atoms with E-state index in [1.54, 1.807) is 19.2 Å². The van der Waals surface area contributed by atoms with Gasteiger partial charge in [-0.05, 0) is 24.3 Å². The van der Waals surface area contributed by atoms with Crippen molar-refractivity contribution >= 4 is 38.9 Å². The van der Waals surface area contributed by atoms with Gasteiger partial charge in [0.15, 0.2) is 0 Å². The number of halogens is 1. The Morgan fingerprint density at radius 2 is 2.05 bits per heavy atom. The lowest BCUT2D eigenvalue weighted by Gasteiger charge is -2.20. The lowest BCUT2D eigenvalue weighted by molar-refractivity contribution is -0.130. The number of rotatable bonds is 6. The number of sulfonamides is 1. The average molecular weight is 363 g/mol. The van der Waals surface area contributed by atoms with Gasteiger partial charge in [-0.25, -0.2) is 8.42 Å². The van der Waals surface area contributed by atoms with E-state index in [2.05, 4.69) is 0 Å². The summed E-state index contributed by atoms with van der Waals surface area (Å²) in [5.41, 5.74) is 0. The molecule has 0 aliphatic rings. The van der Waals surface area contributed by atoms with Crippen LogP contribution >= 0.6 is 22.9 Å². The second-order valence-corrected chi connectivity index (χ2v) is 8.64. The number of furan rings is 1. The molecule has 0 aliphatic heterocycles. The SMILES string of the molecule is CN(Cc1ccco1)C(=O)CN(C)S(=O)(=O)c1ccc(Cl)s1. The Kier molecular flexibility index (Phi) is 5.28. The van der Waals surface area contributed by atoms with Gasteiger partial charge in [0.1, 0.15) is 9.97 Å². The van der Waals surface area contributed by atoms with Crippen LogP contribution in [0.4, 0.5) is 0 Å². The highest BCUT2D eigenvalue weighted by molar-refractivity contribution is 7.91. The van der Waals surface area contributed by atoms with Crippen molar-refractivity contribution < 1.29 is 17.6 Å². The molecule has 0 aromatic carbocycles. The molecule has 22 heavy (non-hydrogen) atoms. The molecule has 0 radical (unpaired) electrons. The summed E-state index contributed by atoms with van der Waals surface area (Å²) in [6.45, 7) is 0.0274. The number of hydrogen-bond acceptors (Lipinski definition) is 5. The van der Waals surface area contributed by atoms with Crippen molar-refractivity contribution in [3.63, 3.8) is 0 Å².